The van der Waals surface area contributed by atoms with Gasteiger partial charge >= 0.3 is 0 Å². The van der Waals surface area contributed by atoms with Crippen molar-refractivity contribution >= 4 is 22.7 Å². The van der Waals surface area contributed by atoms with Gasteiger partial charge in [0.05, 0.1) is 0 Å². The van der Waals surface area contributed by atoms with Crippen molar-refractivity contribution in [3.05, 3.63) is 40.4 Å². The van der Waals surface area contributed by atoms with Crippen LogP contribution in [0.4, 0.5) is 0 Å². The molecule has 1 N–H and O–H groups in total. The van der Waals surface area contributed by atoms with Crippen LogP contribution in [0.2, 0.25) is 0 Å². The molecule has 0 amide bonds. The zero-order valence-electron chi connectivity index (χ0n) is 5.81. The maximum atomic E-state index is 8.49. The highest BCUT2D eigenvalue weighted by Crippen LogP contribution is 2.14. The minimum absolute atomic E-state index is 0.384. The first-order chi connectivity index (χ1) is 5.39. The molecule has 0 aliphatic carbocycles. The third-order valence-electron chi connectivity index (χ3n) is 0.932. The first kappa shape index (κ1) is 8.30. The predicted molar refractivity (Wildman–Crippen MR) is 50.3 cm³/mol. The van der Waals surface area contributed by atoms with Crippen molar-refractivity contribution in [1.29, 1.82) is 0 Å². The zero-order valence-corrected chi connectivity index (χ0v) is 7.44. The fourth-order valence-corrected chi connectivity index (χ4v) is 1.40. The molecule has 0 saturated heterocycles. The highest BCUT2D eigenvalue weighted by atomic mass is 32.1. The van der Waals surface area contributed by atoms with E-state index in [1.807, 2.05) is 28.3 Å². The second kappa shape index (κ2) is 4.93. The first-order valence-corrected chi connectivity index (χ1v) is 4.91. The highest BCUT2D eigenvalue weighted by molar-refractivity contribution is 7.11. The SMILES string of the molecule is Oc1cccs1.c1ccsc1. The predicted octanol–water partition coefficient (Wildman–Crippen LogP) is 3.20. The maximum absolute atomic E-state index is 8.49. The van der Waals surface area contributed by atoms with Crippen LogP contribution < -0.4 is 0 Å². The van der Waals surface area contributed by atoms with Crippen LogP contribution >= 0.6 is 22.7 Å². The quantitative estimate of drug-likeness (QED) is 0.666. The number of hydrogen-bond donors (Lipinski definition) is 1. The lowest BCUT2D eigenvalue weighted by Gasteiger charge is -1.67. The van der Waals surface area contributed by atoms with E-state index in [9.17, 15) is 0 Å². The van der Waals surface area contributed by atoms with Gasteiger partial charge in [0.25, 0.3) is 0 Å². The van der Waals surface area contributed by atoms with E-state index in [0.29, 0.717) is 5.06 Å². The lowest BCUT2D eigenvalue weighted by Crippen LogP contribution is -1.35. The van der Waals surface area contributed by atoms with Gasteiger partial charge in [-0.05, 0) is 28.3 Å². The fraction of sp³-hybridized carbons (Fsp3) is 0. The van der Waals surface area contributed by atoms with Crippen molar-refractivity contribution in [3.8, 4) is 5.06 Å². The van der Waals surface area contributed by atoms with Gasteiger partial charge in [0.15, 0.2) is 5.06 Å². The standard InChI is InChI=1S/C4H4OS.C4H4S/c5-4-2-1-3-6-4;1-2-4-5-3-1/h1-3,5H;1-4H. The fourth-order valence-electron chi connectivity index (χ4n) is 0.497. The van der Waals surface area contributed by atoms with Crippen LogP contribution in [0.15, 0.2) is 40.4 Å². The Kier molecular flexibility index (Phi) is 3.72. The molecular formula is C8H8OS2. The molecule has 2 aromatic heterocycles. The van der Waals surface area contributed by atoms with E-state index in [1.165, 1.54) is 11.3 Å². The summed E-state index contributed by atoms with van der Waals surface area (Å²) in [4.78, 5) is 0. The molecule has 0 radical (unpaired) electrons. The van der Waals surface area contributed by atoms with Gasteiger partial charge in [0.1, 0.15) is 0 Å². The van der Waals surface area contributed by atoms with Crippen molar-refractivity contribution < 1.29 is 5.11 Å². The molecule has 0 atom stereocenters. The molecule has 0 aliphatic heterocycles. The van der Waals surface area contributed by atoms with E-state index in [-0.39, 0.29) is 0 Å². The molecule has 0 unspecified atom stereocenters. The van der Waals surface area contributed by atoms with Crippen LogP contribution in [0.3, 0.4) is 0 Å². The molecule has 1 nitrogen and oxygen atoms in total. The summed E-state index contributed by atoms with van der Waals surface area (Å²) < 4.78 is 0. The topological polar surface area (TPSA) is 20.2 Å². The maximum Gasteiger partial charge on any atom is 0.171 e. The van der Waals surface area contributed by atoms with Gasteiger partial charge in [-0.25, -0.2) is 0 Å². The molecule has 2 rings (SSSR count). The Hall–Kier alpha value is -0.800. The smallest absolute Gasteiger partial charge is 0.171 e. The van der Waals surface area contributed by atoms with Crippen LogP contribution in [-0.4, -0.2) is 5.11 Å². The Morgan fingerprint density at radius 1 is 1.00 bits per heavy atom. The molecule has 2 heterocycles. The normalized spacial score (nSPS) is 8.36. The van der Waals surface area contributed by atoms with Gasteiger partial charge in [-0.3, -0.25) is 0 Å². The van der Waals surface area contributed by atoms with Crippen molar-refractivity contribution in [2.45, 2.75) is 0 Å². The largest absolute Gasteiger partial charge is 0.499 e. The van der Waals surface area contributed by atoms with Crippen LogP contribution in [0.1, 0.15) is 0 Å². The Bertz CT molecular complexity index is 230. The molecule has 2 aromatic rings. The minimum Gasteiger partial charge on any atom is -0.499 e. The van der Waals surface area contributed by atoms with Gasteiger partial charge in [-0.15, -0.1) is 11.3 Å². The highest BCUT2D eigenvalue weighted by Gasteiger charge is 1.77. The molecule has 11 heavy (non-hydrogen) atoms. The molecule has 0 saturated carbocycles. The third kappa shape index (κ3) is 3.80. The van der Waals surface area contributed by atoms with Crippen LogP contribution in [0.5, 0.6) is 5.06 Å². The number of aromatic hydroxyl groups is 1. The molecule has 0 spiro atoms. The van der Waals surface area contributed by atoms with E-state index in [2.05, 4.69) is 0 Å². The monoisotopic (exact) mass is 184 g/mol. The second-order valence-electron chi connectivity index (χ2n) is 1.74. The minimum atomic E-state index is 0.384. The average Bonchev–Trinajstić information content (AvgIpc) is 2.57. The summed E-state index contributed by atoms with van der Waals surface area (Å²) in [5.74, 6) is 0. The van der Waals surface area contributed by atoms with Gasteiger partial charge in [0.2, 0.25) is 0 Å². The molecule has 3 heteroatoms. The average molecular weight is 184 g/mol. The zero-order chi connectivity index (χ0) is 7.94. The molecule has 58 valence electrons. The summed E-state index contributed by atoms with van der Waals surface area (Å²) in [6, 6.07) is 7.50. The van der Waals surface area contributed by atoms with Gasteiger partial charge in [0, 0.05) is 0 Å². The van der Waals surface area contributed by atoms with E-state index in [0.717, 1.165) is 0 Å². The van der Waals surface area contributed by atoms with Crippen LogP contribution in [0.25, 0.3) is 0 Å². The third-order valence-corrected chi connectivity index (χ3v) is 2.23. The summed E-state index contributed by atoms with van der Waals surface area (Å²) in [5.41, 5.74) is 0. The summed E-state index contributed by atoms with van der Waals surface area (Å²) >= 11 is 3.05. The van der Waals surface area contributed by atoms with Gasteiger partial charge < -0.3 is 5.11 Å². The molecular weight excluding hydrogens is 176 g/mol. The van der Waals surface area contributed by atoms with Crippen molar-refractivity contribution in [1.82, 2.24) is 0 Å². The Morgan fingerprint density at radius 3 is 1.91 bits per heavy atom. The lowest BCUT2D eigenvalue weighted by molar-refractivity contribution is 0.491. The van der Waals surface area contributed by atoms with Crippen molar-refractivity contribution in [2.24, 2.45) is 0 Å². The molecule has 0 fully saturated rings. The number of rotatable bonds is 0. The molecule has 0 aliphatic rings. The Morgan fingerprint density at radius 2 is 1.73 bits per heavy atom. The van der Waals surface area contributed by atoms with E-state index in [1.54, 1.807) is 23.5 Å². The molecule has 0 aromatic carbocycles. The summed E-state index contributed by atoms with van der Waals surface area (Å²) in [6.45, 7) is 0. The number of thiophene rings is 2. The van der Waals surface area contributed by atoms with Crippen LogP contribution in [-0.2, 0) is 0 Å². The second-order valence-corrected chi connectivity index (χ2v) is 3.49. The lowest BCUT2D eigenvalue weighted by atomic mass is 10.7. The Labute approximate surface area is 73.6 Å². The van der Waals surface area contributed by atoms with Gasteiger partial charge in [-0.1, -0.05) is 12.1 Å². The summed E-state index contributed by atoms with van der Waals surface area (Å²) in [7, 11) is 0. The van der Waals surface area contributed by atoms with Crippen LogP contribution in [0, 0.1) is 0 Å². The van der Waals surface area contributed by atoms with E-state index < -0.39 is 0 Å². The summed E-state index contributed by atoms with van der Waals surface area (Å²) in [5, 5.41) is 14.8. The van der Waals surface area contributed by atoms with Gasteiger partial charge in [-0.2, -0.15) is 11.3 Å². The van der Waals surface area contributed by atoms with Crippen molar-refractivity contribution in [3.63, 3.8) is 0 Å². The number of hydrogen-bond acceptors (Lipinski definition) is 3. The molecule has 0 bridgehead atoms. The van der Waals surface area contributed by atoms with E-state index in [4.69, 9.17) is 5.11 Å². The Balaban J connectivity index is 0.000000112. The first-order valence-electron chi connectivity index (χ1n) is 3.09. The summed E-state index contributed by atoms with van der Waals surface area (Å²) in [6.07, 6.45) is 0. The van der Waals surface area contributed by atoms with E-state index >= 15 is 0 Å². The van der Waals surface area contributed by atoms with Crippen molar-refractivity contribution in [2.75, 3.05) is 0 Å².